The second-order valence-electron chi connectivity index (χ2n) is 4.61. The minimum Gasteiger partial charge on any atom is -0.872 e. The van der Waals surface area contributed by atoms with E-state index >= 15 is 0 Å². The maximum Gasteiger partial charge on any atom is 1.00 e. The Morgan fingerprint density at radius 1 is 0.760 bits per heavy atom. The Hall–Kier alpha value is 0.290. The van der Waals surface area contributed by atoms with Crippen LogP contribution in [0.15, 0.2) is 35.2 Å². The van der Waals surface area contributed by atoms with E-state index in [1.54, 1.807) is 0 Å². The third kappa shape index (κ3) is 4.25. The molecule has 2 aromatic rings. The van der Waals surface area contributed by atoms with Crippen LogP contribution in [0.4, 0.5) is 0 Å². The number of benzene rings is 2. The Morgan fingerprint density at radius 2 is 1.24 bits per heavy atom. The van der Waals surface area contributed by atoms with E-state index in [-0.39, 0.29) is 99.8 Å². The molecule has 0 N–H and O–H groups in total. The zero-order valence-electron chi connectivity index (χ0n) is 13.7. The zero-order chi connectivity index (χ0) is 16.2. The summed E-state index contributed by atoms with van der Waals surface area (Å²) in [6.07, 6.45) is 0. The van der Waals surface area contributed by atoms with E-state index in [0.29, 0.717) is 6.07 Å². The number of fused-ring (bicyclic) bond motifs is 2. The predicted molar refractivity (Wildman–Crippen MR) is 66.6 cm³/mol. The molecule has 112 valence electrons. The van der Waals surface area contributed by atoms with Crippen molar-refractivity contribution in [1.82, 2.24) is 0 Å². The van der Waals surface area contributed by atoms with Gasteiger partial charge in [-0.25, -0.2) is 8.42 Å². The zero-order valence-corrected chi connectivity index (χ0v) is 20.5. The molecule has 11 heteroatoms. The standard InChI is InChI=1S/C14H8O7S.3Na/c15-11-6-3-1-2-4-7(6)12(16)10-8(11)5-9(22(19,20)21)13(17)14(10)18;;;/h1-5,17-18H,(H,19,20,21);;;/q;3*+1/p-3. The number of carbonyl (C=O) groups excluding carboxylic acids is 2. The van der Waals surface area contributed by atoms with Crippen LogP contribution in [0.2, 0.25) is 0 Å². The molecule has 0 unspecified atom stereocenters. The van der Waals surface area contributed by atoms with E-state index in [1.165, 1.54) is 24.3 Å². The van der Waals surface area contributed by atoms with Crippen LogP contribution in [0.5, 0.6) is 11.5 Å². The molecular formula is C14H5Na3O7S. The van der Waals surface area contributed by atoms with E-state index < -0.39 is 49.2 Å². The number of rotatable bonds is 1. The van der Waals surface area contributed by atoms with Gasteiger partial charge in [0.2, 0.25) is 0 Å². The molecule has 25 heavy (non-hydrogen) atoms. The molecule has 0 atom stereocenters. The SMILES string of the molecule is O=C1c2ccccc2C(=O)c2c1cc(S(=O)(=O)[O-])c([O-])c2[O-].[Na+].[Na+].[Na+]. The van der Waals surface area contributed by atoms with Crippen LogP contribution in [-0.2, 0) is 10.1 Å². The summed E-state index contributed by atoms with van der Waals surface area (Å²) in [5, 5.41) is 23.7. The molecule has 3 rings (SSSR count). The van der Waals surface area contributed by atoms with Gasteiger partial charge in [-0.3, -0.25) is 9.59 Å². The molecule has 0 spiro atoms. The summed E-state index contributed by atoms with van der Waals surface area (Å²) < 4.78 is 33.1. The van der Waals surface area contributed by atoms with Crippen molar-refractivity contribution >= 4 is 21.7 Å². The Balaban J connectivity index is 0.00000192. The Bertz CT molecular complexity index is 971. The average molecular weight is 386 g/mol. The second kappa shape index (κ2) is 8.99. The van der Waals surface area contributed by atoms with E-state index in [1.807, 2.05) is 0 Å². The van der Waals surface area contributed by atoms with E-state index in [4.69, 9.17) is 0 Å². The van der Waals surface area contributed by atoms with Crippen LogP contribution in [0, 0.1) is 0 Å². The smallest absolute Gasteiger partial charge is 0.872 e. The molecule has 0 amide bonds. The molecule has 0 saturated heterocycles. The van der Waals surface area contributed by atoms with Crippen molar-refractivity contribution in [3.8, 4) is 11.5 Å². The van der Waals surface area contributed by atoms with Crippen molar-refractivity contribution in [3.63, 3.8) is 0 Å². The van der Waals surface area contributed by atoms with E-state index in [9.17, 15) is 32.8 Å². The van der Waals surface area contributed by atoms with Crippen molar-refractivity contribution in [2.75, 3.05) is 0 Å². The number of ketones is 2. The molecule has 0 saturated carbocycles. The summed E-state index contributed by atoms with van der Waals surface area (Å²) in [4.78, 5) is 23.3. The largest absolute Gasteiger partial charge is 1.00 e. The maximum absolute atomic E-state index is 12.3. The molecule has 0 aromatic heterocycles. The predicted octanol–water partition coefficient (Wildman–Crippen LogP) is -9.47. The van der Waals surface area contributed by atoms with Crippen LogP contribution in [0.3, 0.4) is 0 Å². The third-order valence-corrected chi connectivity index (χ3v) is 4.20. The summed E-state index contributed by atoms with van der Waals surface area (Å²) in [6.45, 7) is 0. The molecule has 1 aliphatic carbocycles. The summed E-state index contributed by atoms with van der Waals surface area (Å²) in [7, 11) is -5.23. The van der Waals surface area contributed by atoms with Crippen molar-refractivity contribution in [3.05, 3.63) is 52.6 Å². The quantitative estimate of drug-likeness (QED) is 0.299. The molecule has 2 aromatic carbocycles. The first-order valence-corrected chi connectivity index (χ1v) is 7.33. The minimum atomic E-state index is -5.23. The van der Waals surface area contributed by atoms with Gasteiger partial charge in [-0.1, -0.05) is 30.0 Å². The summed E-state index contributed by atoms with van der Waals surface area (Å²) >= 11 is 0. The Morgan fingerprint density at radius 3 is 1.72 bits per heavy atom. The normalized spacial score (nSPS) is 12.0. The van der Waals surface area contributed by atoms with Gasteiger partial charge in [0.1, 0.15) is 10.1 Å². The maximum atomic E-state index is 12.3. The molecule has 0 fully saturated rings. The van der Waals surface area contributed by atoms with Crippen molar-refractivity contribution in [2.24, 2.45) is 0 Å². The number of carbonyl (C=O) groups is 2. The van der Waals surface area contributed by atoms with Crippen LogP contribution < -0.4 is 98.9 Å². The molecule has 1 aliphatic rings. The van der Waals surface area contributed by atoms with Gasteiger partial charge in [0.15, 0.2) is 11.6 Å². The average Bonchev–Trinajstić information content (AvgIpc) is 2.46. The van der Waals surface area contributed by atoms with Crippen LogP contribution >= 0.6 is 0 Å². The first kappa shape index (κ1) is 25.3. The summed E-state index contributed by atoms with van der Waals surface area (Å²) in [5.74, 6) is -4.69. The van der Waals surface area contributed by atoms with Crippen LogP contribution in [-0.4, -0.2) is 24.5 Å². The van der Waals surface area contributed by atoms with Gasteiger partial charge in [0.25, 0.3) is 0 Å². The molecule has 0 radical (unpaired) electrons. The van der Waals surface area contributed by atoms with Crippen LogP contribution in [0.25, 0.3) is 0 Å². The summed E-state index contributed by atoms with van der Waals surface area (Å²) in [5.41, 5.74) is -1.30. The summed E-state index contributed by atoms with van der Waals surface area (Å²) in [6, 6.07) is 6.13. The molecule has 7 nitrogen and oxygen atoms in total. The van der Waals surface area contributed by atoms with Gasteiger partial charge < -0.3 is 14.8 Å². The Kier molecular flexibility index (Phi) is 9.09. The van der Waals surface area contributed by atoms with E-state index in [0.717, 1.165) is 0 Å². The van der Waals surface area contributed by atoms with Crippen molar-refractivity contribution in [1.29, 1.82) is 0 Å². The first-order valence-electron chi connectivity index (χ1n) is 5.93. The second-order valence-corrected chi connectivity index (χ2v) is 5.96. The number of hydrogen-bond donors (Lipinski definition) is 0. The van der Waals surface area contributed by atoms with Gasteiger partial charge in [0, 0.05) is 27.1 Å². The van der Waals surface area contributed by atoms with Gasteiger partial charge in [-0.2, -0.15) is 0 Å². The van der Waals surface area contributed by atoms with E-state index in [2.05, 4.69) is 0 Å². The third-order valence-electron chi connectivity index (χ3n) is 3.36. The van der Waals surface area contributed by atoms with Gasteiger partial charge in [0.05, 0.1) is 0 Å². The topological polar surface area (TPSA) is 137 Å². The van der Waals surface area contributed by atoms with Gasteiger partial charge in [-0.15, -0.1) is 5.75 Å². The van der Waals surface area contributed by atoms with Gasteiger partial charge in [-0.05, 0) is 6.07 Å². The fraction of sp³-hybridized carbons (Fsp3) is 0. The Labute approximate surface area is 209 Å². The fourth-order valence-electron chi connectivity index (χ4n) is 2.37. The first-order chi connectivity index (χ1) is 10.2. The number of hydrogen-bond acceptors (Lipinski definition) is 7. The van der Waals surface area contributed by atoms with Crippen LogP contribution in [0.1, 0.15) is 31.8 Å². The van der Waals surface area contributed by atoms with Gasteiger partial charge >= 0.3 is 88.7 Å². The van der Waals surface area contributed by atoms with Crippen molar-refractivity contribution in [2.45, 2.75) is 4.90 Å². The monoisotopic (exact) mass is 386 g/mol. The molecular weight excluding hydrogens is 381 g/mol. The van der Waals surface area contributed by atoms with Crippen molar-refractivity contribution < 1.29 is 121 Å². The molecule has 0 aliphatic heterocycles. The fourth-order valence-corrected chi connectivity index (χ4v) is 2.95. The molecule has 0 heterocycles. The minimum absolute atomic E-state index is 0. The molecule has 0 bridgehead atoms.